The van der Waals surface area contributed by atoms with E-state index in [0.717, 1.165) is 12.8 Å². The molecule has 1 N–H and O–H groups in total. The SMILES string of the molecule is O=c1c2cc3c(cc2[nH]c(=S)n1C1CC1)OCCO3. The predicted molar refractivity (Wildman–Crippen MR) is 72.7 cm³/mol. The highest BCUT2D eigenvalue weighted by atomic mass is 32.1. The normalized spacial score (nSPS) is 17.7. The fraction of sp³-hybridized carbons (Fsp3) is 0.385. The first kappa shape index (κ1) is 11.0. The first-order chi connectivity index (χ1) is 9.24. The molecular formula is C13H12N2O3S. The second-order valence-corrected chi connectivity index (χ2v) is 5.26. The maximum atomic E-state index is 12.5. The standard InChI is InChI=1S/C13H12N2O3S/c16-12-8-5-10-11(18-4-3-17-10)6-9(8)14-13(19)15(12)7-1-2-7/h5-7H,1-4H2,(H,14,19). The number of hydrogen-bond donors (Lipinski definition) is 1. The molecule has 0 atom stereocenters. The Bertz CT molecular complexity index is 789. The topological polar surface area (TPSA) is 56.2 Å². The highest BCUT2D eigenvalue weighted by Gasteiger charge is 2.27. The lowest BCUT2D eigenvalue weighted by Crippen LogP contribution is -2.22. The Kier molecular flexibility index (Phi) is 2.23. The molecule has 1 fully saturated rings. The van der Waals surface area contributed by atoms with E-state index in [1.165, 1.54) is 0 Å². The smallest absolute Gasteiger partial charge is 0.262 e. The van der Waals surface area contributed by atoms with Crippen LogP contribution in [0, 0.1) is 4.77 Å². The highest BCUT2D eigenvalue weighted by molar-refractivity contribution is 7.71. The Labute approximate surface area is 113 Å². The molecule has 0 bridgehead atoms. The summed E-state index contributed by atoms with van der Waals surface area (Å²) in [5, 5.41) is 0.602. The van der Waals surface area contributed by atoms with Crippen LogP contribution in [0.1, 0.15) is 18.9 Å². The van der Waals surface area contributed by atoms with Crippen LogP contribution in [0.5, 0.6) is 11.5 Å². The largest absolute Gasteiger partial charge is 0.486 e. The fourth-order valence-electron chi connectivity index (χ4n) is 2.43. The van der Waals surface area contributed by atoms with Crippen LogP contribution in [0.25, 0.3) is 10.9 Å². The van der Waals surface area contributed by atoms with Gasteiger partial charge in [0.15, 0.2) is 16.3 Å². The second-order valence-electron chi connectivity index (χ2n) is 4.88. The number of benzene rings is 1. The lowest BCUT2D eigenvalue weighted by Gasteiger charge is -2.19. The molecule has 0 radical (unpaired) electrons. The minimum Gasteiger partial charge on any atom is -0.486 e. The lowest BCUT2D eigenvalue weighted by molar-refractivity contribution is 0.172. The summed E-state index contributed by atoms with van der Waals surface area (Å²) >= 11 is 5.27. The maximum Gasteiger partial charge on any atom is 0.262 e. The van der Waals surface area contributed by atoms with E-state index in [1.807, 2.05) is 0 Å². The monoisotopic (exact) mass is 276 g/mol. The number of H-pyrrole nitrogens is 1. The van der Waals surface area contributed by atoms with Gasteiger partial charge in [0.25, 0.3) is 5.56 Å². The van der Waals surface area contributed by atoms with Crippen molar-refractivity contribution in [1.29, 1.82) is 0 Å². The molecule has 1 saturated carbocycles. The molecule has 19 heavy (non-hydrogen) atoms. The van der Waals surface area contributed by atoms with Gasteiger partial charge in [-0.2, -0.15) is 0 Å². The van der Waals surface area contributed by atoms with Gasteiger partial charge in [0.2, 0.25) is 0 Å². The molecule has 1 aromatic heterocycles. The van der Waals surface area contributed by atoms with E-state index in [4.69, 9.17) is 21.7 Å². The van der Waals surface area contributed by atoms with Gasteiger partial charge in [0, 0.05) is 12.1 Å². The Morgan fingerprint density at radius 3 is 2.58 bits per heavy atom. The first-order valence-corrected chi connectivity index (χ1v) is 6.73. The molecule has 5 nitrogen and oxygen atoms in total. The number of nitrogens with one attached hydrogen (secondary N) is 1. The molecule has 1 aromatic carbocycles. The van der Waals surface area contributed by atoms with E-state index in [-0.39, 0.29) is 11.6 Å². The van der Waals surface area contributed by atoms with Crippen molar-refractivity contribution >= 4 is 23.1 Å². The zero-order valence-corrected chi connectivity index (χ0v) is 11.0. The van der Waals surface area contributed by atoms with Crippen molar-refractivity contribution in [3.63, 3.8) is 0 Å². The fourth-order valence-corrected chi connectivity index (χ4v) is 2.77. The molecule has 6 heteroatoms. The van der Waals surface area contributed by atoms with E-state index in [2.05, 4.69) is 4.98 Å². The van der Waals surface area contributed by atoms with Gasteiger partial charge in [0.1, 0.15) is 13.2 Å². The molecule has 0 saturated heterocycles. The molecule has 1 aliphatic carbocycles. The highest BCUT2D eigenvalue weighted by Crippen LogP contribution is 2.36. The number of aromatic nitrogens is 2. The molecule has 2 aliphatic rings. The Morgan fingerprint density at radius 1 is 1.21 bits per heavy atom. The summed E-state index contributed by atoms with van der Waals surface area (Å²) in [6.45, 7) is 1.04. The molecule has 0 unspecified atom stereocenters. The van der Waals surface area contributed by atoms with E-state index in [9.17, 15) is 4.79 Å². The molecule has 2 heterocycles. The Balaban J connectivity index is 2.05. The van der Waals surface area contributed by atoms with Gasteiger partial charge in [-0.15, -0.1) is 0 Å². The third-order valence-corrected chi connectivity index (χ3v) is 3.80. The van der Waals surface area contributed by atoms with Crippen LogP contribution in [0.4, 0.5) is 0 Å². The maximum absolute atomic E-state index is 12.5. The molecule has 1 aliphatic heterocycles. The molecule has 4 rings (SSSR count). The third-order valence-electron chi connectivity index (χ3n) is 3.50. The van der Waals surface area contributed by atoms with E-state index < -0.39 is 0 Å². The summed E-state index contributed by atoms with van der Waals surface area (Å²) in [6.07, 6.45) is 2.04. The number of fused-ring (bicyclic) bond motifs is 2. The molecular weight excluding hydrogens is 264 g/mol. The quantitative estimate of drug-likeness (QED) is 0.811. The van der Waals surface area contributed by atoms with E-state index in [0.29, 0.717) is 40.4 Å². The Morgan fingerprint density at radius 2 is 1.89 bits per heavy atom. The summed E-state index contributed by atoms with van der Waals surface area (Å²) in [4.78, 5) is 15.6. The third kappa shape index (κ3) is 1.67. The van der Waals surface area contributed by atoms with Gasteiger partial charge in [-0.3, -0.25) is 9.36 Å². The number of nitrogens with zero attached hydrogens (tertiary/aromatic N) is 1. The zero-order chi connectivity index (χ0) is 13.0. The van der Waals surface area contributed by atoms with Crippen molar-refractivity contribution in [1.82, 2.24) is 9.55 Å². The van der Waals surface area contributed by atoms with Crippen molar-refractivity contribution in [3.8, 4) is 11.5 Å². The lowest BCUT2D eigenvalue weighted by atomic mass is 10.2. The predicted octanol–water partition coefficient (Wildman–Crippen LogP) is 2.17. The summed E-state index contributed by atoms with van der Waals surface area (Å²) in [6, 6.07) is 3.79. The summed E-state index contributed by atoms with van der Waals surface area (Å²) in [5.74, 6) is 1.29. The van der Waals surface area contributed by atoms with Crippen LogP contribution >= 0.6 is 12.2 Å². The van der Waals surface area contributed by atoms with Crippen LogP contribution in [-0.4, -0.2) is 22.8 Å². The van der Waals surface area contributed by atoms with Crippen LogP contribution in [0.2, 0.25) is 0 Å². The average molecular weight is 276 g/mol. The van der Waals surface area contributed by atoms with Crippen molar-refractivity contribution in [2.75, 3.05) is 13.2 Å². The summed E-state index contributed by atoms with van der Waals surface area (Å²) in [7, 11) is 0. The molecule has 2 aromatic rings. The average Bonchev–Trinajstić information content (AvgIpc) is 3.21. The minimum atomic E-state index is -0.0433. The summed E-state index contributed by atoms with van der Waals surface area (Å²) in [5.41, 5.74) is 0.661. The van der Waals surface area contributed by atoms with Crippen molar-refractivity contribution < 1.29 is 9.47 Å². The minimum absolute atomic E-state index is 0.0433. The van der Waals surface area contributed by atoms with Gasteiger partial charge in [-0.05, 0) is 31.1 Å². The van der Waals surface area contributed by atoms with Crippen LogP contribution in [-0.2, 0) is 0 Å². The molecule has 98 valence electrons. The molecule has 0 spiro atoms. The van der Waals surface area contributed by atoms with Gasteiger partial charge < -0.3 is 14.5 Å². The number of rotatable bonds is 1. The molecule has 0 amide bonds. The van der Waals surface area contributed by atoms with Crippen molar-refractivity contribution in [3.05, 3.63) is 27.3 Å². The first-order valence-electron chi connectivity index (χ1n) is 6.32. The van der Waals surface area contributed by atoms with E-state index >= 15 is 0 Å². The van der Waals surface area contributed by atoms with Gasteiger partial charge >= 0.3 is 0 Å². The summed E-state index contributed by atoms with van der Waals surface area (Å²) < 4.78 is 13.2. The van der Waals surface area contributed by atoms with Gasteiger partial charge in [-0.25, -0.2) is 0 Å². The number of ether oxygens (including phenoxy) is 2. The van der Waals surface area contributed by atoms with Crippen molar-refractivity contribution in [2.45, 2.75) is 18.9 Å². The van der Waals surface area contributed by atoms with Crippen LogP contribution in [0.3, 0.4) is 0 Å². The zero-order valence-electron chi connectivity index (χ0n) is 10.1. The van der Waals surface area contributed by atoms with Crippen LogP contribution < -0.4 is 15.0 Å². The van der Waals surface area contributed by atoms with Gasteiger partial charge in [-0.1, -0.05) is 0 Å². The van der Waals surface area contributed by atoms with E-state index in [1.54, 1.807) is 16.7 Å². The van der Waals surface area contributed by atoms with Crippen LogP contribution in [0.15, 0.2) is 16.9 Å². The number of hydrogen-bond acceptors (Lipinski definition) is 4. The van der Waals surface area contributed by atoms with Crippen molar-refractivity contribution in [2.24, 2.45) is 0 Å². The number of aromatic amines is 1. The Hall–Kier alpha value is -1.82. The van der Waals surface area contributed by atoms with Gasteiger partial charge in [0.05, 0.1) is 10.9 Å². The second kappa shape index (κ2) is 3.84.